The van der Waals surface area contributed by atoms with Crippen molar-refractivity contribution in [3.8, 4) is 0 Å². The molecule has 0 bridgehead atoms. The maximum Gasteiger partial charge on any atom is 0.341 e. The molecular weight excluding hydrogens is 370 g/mol. The molecule has 1 aromatic rings. The fraction of sp³-hybridized carbons (Fsp3) is 0.611. The van der Waals surface area contributed by atoms with Gasteiger partial charge in [-0.25, -0.2) is 4.79 Å². The minimum atomic E-state index is -0.551. The van der Waals surface area contributed by atoms with Crippen LogP contribution < -0.4 is 10.6 Å². The van der Waals surface area contributed by atoms with Crippen molar-refractivity contribution in [3.05, 3.63) is 16.0 Å². The molecule has 0 aromatic carbocycles. The van der Waals surface area contributed by atoms with Crippen LogP contribution in [0.15, 0.2) is 0 Å². The van der Waals surface area contributed by atoms with Crippen LogP contribution in [0.2, 0.25) is 0 Å². The topological polar surface area (TPSA) is 97.0 Å². The average molecular weight is 397 g/mol. The molecule has 2 rings (SSSR count). The second-order valence-corrected chi connectivity index (χ2v) is 7.58. The van der Waals surface area contributed by atoms with Gasteiger partial charge >= 0.3 is 5.97 Å². The van der Waals surface area contributed by atoms with E-state index in [1.165, 1.54) is 7.05 Å². The van der Waals surface area contributed by atoms with Gasteiger partial charge in [0.15, 0.2) is 0 Å². The molecule has 0 saturated carbocycles. The molecule has 1 aliphatic heterocycles. The van der Waals surface area contributed by atoms with Crippen LogP contribution in [0.4, 0.5) is 5.00 Å². The summed E-state index contributed by atoms with van der Waals surface area (Å²) in [6, 6.07) is 0. The first-order chi connectivity index (χ1) is 12.8. The normalized spacial score (nSPS) is 20.2. The van der Waals surface area contributed by atoms with Crippen LogP contribution in [0.1, 0.15) is 46.4 Å². The number of hydrogen-bond donors (Lipinski definition) is 2. The summed E-state index contributed by atoms with van der Waals surface area (Å²) in [6.45, 7) is 9.04. The van der Waals surface area contributed by atoms with Gasteiger partial charge in [-0.05, 0) is 33.3 Å². The van der Waals surface area contributed by atoms with Crippen LogP contribution in [0.25, 0.3) is 0 Å². The zero-order valence-corrected chi connectivity index (χ0v) is 17.2. The van der Waals surface area contributed by atoms with Gasteiger partial charge in [-0.3, -0.25) is 14.5 Å². The quantitative estimate of drug-likeness (QED) is 0.709. The molecule has 0 unspecified atom stereocenters. The minimum absolute atomic E-state index is 0.0560. The molecule has 2 amide bonds. The molecule has 1 aromatic heterocycles. The second-order valence-electron chi connectivity index (χ2n) is 6.56. The van der Waals surface area contributed by atoms with E-state index >= 15 is 0 Å². The molecule has 0 radical (unpaired) electrons. The van der Waals surface area contributed by atoms with E-state index in [9.17, 15) is 14.4 Å². The van der Waals surface area contributed by atoms with Crippen molar-refractivity contribution in [3.63, 3.8) is 0 Å². The number of esters is 1. The monoisotopic (exact) mass is 397 g/mol. The lowest BCUT2D eigenvalue weighted by molar-refractivity contribution is -0.121. The molecule has 2 atom stereocenters. The van der Waals surface area contributed by atoms with Crippen LogP contribution in [0.3, 0.4) is 0 Å². The van der Waals surface area contributed by atoms with Crippen molar-refractivity contribution in [2.24, 2.45) is 0 Å². The second kappa shape index (κ2) is 9.29. The van der Waals surface area contributed by atoms with Crippen molar-refractivity contribution in [1.82, 2.24) is 10.2 Å². The fourth-order valence-corrected chi connectivity index (χ4v) is 4.32. The average Bonchev–Trinajstić information content (AvgIpc) is 2.89. The van der Waals surface area contributed by atoms with Gasteiger partial charge in [-0.15, -0.1) is 11.3 Å². The van der Waals surface area contributed by atoms with E-state index in [1.54, 1.807) is 13.8 Å². The molecule has 0 aliphatic carbocycles. The number of rotatable bonds is 6. The fourth-order valence-electron chi connectivity index (χ4n) is 3.16. The van der Waals surface area contributed by atoms with Gasteiger partial charge in [0.1, 0.15) is 5.00 Å². The molecule has 2 N–H and O–H groups in total. The number of nitrogens with zero attached hydrogens (tertiary/aromatic N) is 1. The lowest BCUT2D eigenvalue weighted by Crippen LogP contribution is -2.48. The summed E-state index contributed by atoms with van der Waals surface area (Å²) in [5, 5.41) is 5.67. The molecular formula is C18H27N3O5S. The predicted molar refractivity (Wildman–Crippen MR) is 103 cm³/mol. The van der Waals surface area contributed by atoms with Gasteiger partial charge in [0.2, 0.25) is 5.91 Å². The molecule has 1 fully saturated rings. The lowest BCUT2D eigenvalue weighted by Gasteiger charge is -2.34. The van der Waals surface area contributed by atoms with E-state index in [0.29, 0.717) is 28.5 Å². The Morgan fingerprint density at radius 2 is 1.89 bits per heavy atom. The molecule has 150 valence electrons. The highest BCUT2D eigenvalue weighted by Gasteiger charge is 2.28. The number of carbonyl (C=O) groups is 3. The number of hydrogen-bond acceptors (Lipinski definition) is 7. The van der Waals surface area contributed by atoms with Crippen molar-refractivity contribution in [2.75, 3.05) is 38.6 Å². The number of morpholine rings is 1. The predicted octanol–water partition coefficient (Wildman–Crippen LogP) is 1.64. The van der Waals surface area contributed by atoms with Crippen LogP contribution in [-0.4, -0.2) is 68.2 Å². The Balaban J connectivity index is 2.19. The maximum atomic E-state index is 12.5. The molecule has 1 saturated heterocycles. The third-order valence-electron chi connectivity index (χ3n) is 4.18. The number of anilines is 1. The highest BCUT2D eigenvalue weighted by Crippen LogP contribution is 2.33. The van der Waals surface area contributed by atoms with E-state index < -0.39 is 5.97 Å². The number of ether oxygens (including phenoxy) is 2. The highest BCUT2D eigenvalue weighted by atomic mass is 32.1. The Morgan fingerprint density at radius 3 is 2.44 bits per heavy atom. The van der Waals surface area contributed by atoms with Crippen molar-refractivity contribution in [2.45, 2.75) is 39.9 Å². The lowest BCUT2D eigenvalue weighted by atomic mass is 10.1. The van der Waals surface area contributed by atoms with Crippen molar-refractivity contribution in [1.29, 1.82) is 0 Å². The van der Waals surface area contributed by atoms with Crippen LogP contribution in [-0.2, 0) is 14.3 Å². The largest absolute Gasteiger partial charge is 0.462 e. The van der Waals surface area contributed by atoms with E-state index in [4.69, 9.17) is 9.47 Å². The standard InChI is InChI=1S/C18H27N3O5S/c1-6-25-18(24)14-12(4)15(16(23)19-5)27-17(14)20-13(22)9-21-7-10(2)26-11(3)8-21/h10-11H,6-9H2,1-5H3,(H,19,23)(H,20,22)/t10-,11+. The van der Waals surface area contributed by atoms with Crippen molar-refractivity contribution >= 4 is 34.1 Å². The first-order valence-electron chi connectivity index (χ1n) is 8.97. The Labute approximate surface area is 163 Å². The minimum Gasteiger partial charge on any atom is -0.462 e. The first kappa shape index (κ1) is 21.3. The third-order valence-corrected chi connectivity index (χ3v) is 5.38. The molecule has 9 heteroatoms. The summed E-state index contributed by atoms with van der Waals surface area (Å²) in [7, 11) is 1.52. The summed E-state index contributed by atoms with van der Waals surface area (Å²) in [5.41, 5.74) is 0.735. The Hall–Kier alpha value is -1.97. The van der Waals surface area contributed by atoms with Crippen LogP contribution in [0, 0.1) is 6.92 Å². The molecule has 27 heavy (non-hydrogen) atoms. The first-order valence-corrected chi connectivity index (χ1v) is 9.78. The smallest absolute Gasteiger partial charge is 0.341 e. The van der Waals surface area contributed by atoms with Gasteiger partial charge in [0.05, 0.1) is 35.8 Å². The van der Waals surface area contributed by atoms with E-state index in [0.717, 1.165) is 11.3 Å². The van der Waals surface area contributed by atoms with Gasteiger partial charge < -0.3 is 20.1 Å². The maximum absolute atomic E-state index is 12.5. The summed E-state index contributed by atoms with van der Waals surface area (Å²) in [5.74, 6) is -1.10. The molecule has 1 aliphatic rings. The number of amides is 2. The van der Waals surface area contributed by atoms with Crippen molar-refractivity contribution < 1.29 is 23.9 Å². The Bertz CT molecular complexity index is 708. The highest BCUT2D eigenvalue weighted by molar-refractivity contribution is 7.18. The number of carbonyl (C=O) groups excluding carboxylic acids is 3. The number of nitrogens with one attached hydrogen (secondary N) is 2. The van der Waals surface area contributed by atoms with Gasteiger partial charge in [0, 0.05) is 20.1 Å². The summed E-state index contributed by atoms with van der Waals surface area (Å²) < 4.78 is 10.8. The Morgan fingerprint density at radius 1 is 1.26 bits per heavy atom. The summed E-state index contributed by atoms with van der Waals surface area (Å²) >= 11 is 1.08. The van der Waals surface area contributed by atoms with E-state index in [2.05, 4.69) is 10.6 Å². The zero-order valence-electron chi connectivity index (χ0n) is 16.4. The number of thiophene rings is 1. The summed E-state index contributed by atoms with van der Waals surface area (Å²) in [6.07, 6.45) is 0.112. The van der Waals surface area contributed by atoms with Crippen LogP contribution in [0.5, 0.6) is 0 Å². The van der Waals surface area contributed by atoms with Gasteiger partial charge in [-0.2, -0.15) is 0 Å². The Kier molecular flexibility index (Phi) is 7.34. The van der Waals surface area contributed by atoms with E-state index in [-0.39, 0.29) is 42.7 Å². The molecule has 2 heterocycles. The van der Waals surface area contributed by atoms with Gasteiger partial charge in [-0.1, -0.05) is 0 Å². The van der Waals surface area contributed by atoms with Gasteiger partial charge in [0.25, 0.3) is 5.91 Å². The molecule has 8 nitrogen and oxygen atoms in total. The summed E-state index contributed by atoms with van der Waals surface area (Å²) in [4.78, 5) is 39.3. The molecule has 0 spiro atoms. The zero-order chi connectivity index (χ0) is 20.1. The van der Waals surface area contributed by atoms with Crippen LogP contribution >= 0.6 is 11.3 Å². The SMILES string of the molecule is CCOC(=O)c1c(NC(=O)CN2C[C@@H](C)O[C@@H](C)C2)sc(C(=O)NC)c1C. The van der Waals surface area contributed by atoms with E-state index in [1.807, 2.05) is 18.7 Å². The third kappa shape index (κ3) is 5.27.